The van der Waals surface area contributed by atoms with Crippen LogP contribution in [0, 0.1) is 0 Å². The number of hydrogen-bond acceptors (Lipinski definition) is 9. The summed E-state index contributed by atoms with van der Waals surface area (Å²) >= 11 is 0. The van der Waals surface area contributed by atoms with E-state index >= 15 is 0 Å². The number of nitrogen functional groups attached to an aromatic ring is 1. The predicted octanol–water partition coefficient (Wildman–Crippen LogP) is 6.50. The molecule has 2 aromatic heterocycles. The largest absolute Gasteiger partial charge is 0.459 e. The Bertz CT molecular complexity index is 1860. The molecule has 0 saturated carbocycles. The van der Waals surface area contributed by atoms with Crippen LogP contribution in [-0.2, 0) is 30.4 Å². The molecular formula is C34H39N5O6PSi. The number of carbonyl (C=O) groups excluding carboxylic acids is 1. The van der Waals surface area contributed by atoms with E-state index in [-0.39, 0.29) is 13.2 Å². The highest BCUT2D eigenvalue weighted by Crippen LogP contribution is 2.46. The zero-order chi connectivity index (χ0) is 33.4. The molecule has 0 aliphatic carbocycles. The summed E-state index contributed by atoms with van der Waals surface area (Å²) in [5.74, 6) is 1.03. The number of anilines is 1. The first-order chi connectivity index (χ1) is 22.7. The molecular weight excluding hydrogens is 633 g/mol. The molecule has 1 unspecified atom stereocenters. The van der Waals surface area contributed by atoms with E-state index in [0.29, 0.717) is 48.1 Å². The number of nitrogens with zero attached hydrogens (tertiary/aromatic N) is 3. The van der Waals surface area contributed by atoms with Gasteiger partial charge >= 0.3 is 13.7 Å². The van der Waals surface area contributed by atoms with Crippen LogP contribution in [0.2, 0.25) is 0 Å². The second kappa shape index (κ2) is 15.2. The van der Waals surface area contributed by atoms with Crippen LogP contribution >= 0.6 is 7.75 Å². The molecule has 2 heterocycles. The van der Waals surface area contributed by atoms with Gasteiger partial charge in [0.25, 0.3) is 0 Å². The standard InChI is InChI=1S/C34H39N5O6PSi/c1-4-20-34(47,39-29(23-42-5-2)37-30-31(39)27-18-12-13-19-28(27)36-32(30)35)21-22-43-46(41,45-26-16-10-7-11-17-26)38-24(3)33(40)44-25-14-8-6-9-15-25/h6-19,24H,4-5,20-23H2,1-3H3,(H2,35,36)(H,38,41)/t24-,34-,46?/m0/s1. The maximum Gasteiger partial charge on any atom is 0.459 e. The quantitative estimate of drug-likeness (QED) is 0.0517. The molecule has 5 aromatic rings. The Morgan fingerprint density at radius 1 is 0.979 bits per heavy atom. The Labute approximate surface area is 277 Å². The van der Waals surface area contributed by atoms with E-state index in [1.165, 1.54) is 0 Å². The van der Waals surface area contributed by atoms with E-state index in [1.807, 2.05) is 43.3 Å². The van der Waals surface area contributed by atoms with Crippen molar-refractivity contribution in [1.29, 1.82) is 0 Å². The number of benzene rings is 3. The minimum atomic E-state index is -4.11. The Balaban J connectivity index is 1.46. The van der Waals surface area contributed by atoms with E-state index in [1.54, 1.807) is 55.5 Å². The first kappa shape index (κ1) is 34.3. The third kappa shape index (κ3) is 8.09. The van der Waals surface area contributed by atoms with Crippen LogP contribution in [0.5, 0.6) is 11.5 Å². The fraction of sp³-hybridized carbons (Fsp3) is 0.324. The average Bonchev–Trinajstić information content (AvgIpc) is 3.46. The summed E-state index contributed by atoms with van der Waals surface area (Å²) in [6.45, 7) is 6.27. The molecule has 13 heteroatoms. The van der Waals surface area contributed by atoms with E-state index < -0.39 is 24.9 Å². The number of para-hydroxylation sites is 3. The summed E-state index contributed by atoms with van der Waals surface area (Å²) in [5, 5.41) is 2.90. The second-order valence-corrected chi connectivity index (χ2v) is 13.7. The van der Waals surface area contributed by atoms with Crippen LogP contribution in [0.15, 0.2) is 84.9 Å². The molecule has 0 aliphatic heterocycles. The van der Waals surface area contributed by atoms with E-state index in [0.717, 1.165) is 22.8 Å². The highest BCUT2D eigenvalue weighted by Gasteiger charge is 2.36. The monoisotopic (exact) mass is 672 g/mol. The van der Waals surface area contributed by atoms with Gasteiger partial charge in [0.15, 0.2) is 5.82 Å². The van der Waals surface area contributed by atoms with Gasteiger partial charge in [0.2, 0.25) is 0 Å². The highest BCUT2D eigenvalue weighted by molar-refractivity contribution is 7.52. The number of nitrogens with two attached hydrogens (primary N) is 1. The van der Waals surface area contributed by atoms with Gasteiger partial charge in [0.05, 0.1) is 27.9 Å². The lowest BCUT2D eigenvalue weighted by molar-refractivity contribution is -0.135. The molecule has 0 aliphatic rings. The van der Waals surface area contributed by atoms with Crippen molar-refractivity contribution in [2.75, 3.05) is 18.9 Å². The van der Waals surface area contributed by atoms with Crippen LogP contribution in [0.4, 0.5) is 5.82 Å². The normalized spacial score (nSPS) is 14.8. The molecule has 47 heavy (non-hydrogen) atoms. The van der Waals surface area contributed by atoms with Crippen LogP contribution in [0.3, 0.4) is 0 Å². The molecule has 3 N–H and O–H groups in total. The lowest BCUT2D eigenvalue weighted by Gasteiger charge is -2.34. The van der Waals surface area contributed by atoms with Gasteiger partial charge in [-0.25, -0.2) is 19.3 Å². The molecule has 0 fully saturated rings. The van der Waals surface area contributed by atoms with E-state index in [9.17, 15) is 9.36 Å². The van der Waals surface area contributed by atoms with Crippen molar-refractivity contribution >= 4 is 51.7 Å². The van der Waals surface area contributed by atoms with Crippen molar-refractivity contribution in [2.45, 2.75) is 57.8 Å². The number of esters is 1. The molecule has 0 bridgehead atoms. The zero-order valence-electron chi connectivity index (χ0n) is 26.7. The van der Waals surface area contributed by atoms with Gasteiger partial charge in [0.1, 0.15) is 35.5 Å². The Kier molecular flexibility index (Phi) is 11.1. The summed E-state index contributed by atoms with van der Waals surface area (Å²) in [5.41, 5.74) is 8.56. The molecule has 0 amide bonds. The number of fused-ring (bicyclic) bond motifs is 3. The first-order valence-electron chi connectivity index (χ1n) is 15.6. The maximum atomic E-state index is 14.3. The van der Waals surface area contributed by atoms with Crippen molar-refractivity contribution in [2.24, 2.45) is 0 Å². The topological polar surface area (TPSA) is 140 Å². The number of hydrogen-bond donors (Lipinski definition) is 2. The molecule has 11 nitrogen and oxygen atoms in total. The Hall–Kier alpha value is -4.06. The number of ether oxygens (including phenoxy) is 2. The number of pyridine rings is 1. The maximum absolute atomic E-state index is 14.3. The summed E-state index contributed by atoms with van der Waals surface area (Å²) in [7, 11) is 0.0113. The Morgan fingerprint density at radius 3 is 2.32 bits per heavy atom. The minimum Gasteiger partial charge on any atom is -0.425 e. The van der Waals surface area contributed by atoms with Crippen LogP contribution in [0.1, 0.15) is 45.9 Å². The van der Waals surface area contributed by atoms with Gasteiger partial charge in [-0.1, -0.05) is 67.9 Å². The third-order valence-electron chi connectivity index (χ3n) is 7.53. The second-order valence-electron chi connectivity index (χ2n) is 11.1. The summed E-state index contributed by atoms with van der Waals surface area (Å²) in [6.07, 6.45) is 1.80. The summed E-state index contributed by atoms with van der Waals surface area (Å²) in [6, 6.07) is 24.1. The van der Waals surface area contributed by atoms with Crippen molar-refractivity contribution in [3.8, 4) is 11.5 Å². The Morgan fingerprint density at radius 2 is 1.64 bits per heavy atom. The van der Waals surface area contributed by atoms with E-state index in [4.69, 9.17) is 29.2 Å². The van der Waals surface area contributed by atoms with Crippen molar-refractivity contribution in [1.82, 2.24) is 19.6 Å². The fourth-order valence-corrected chi connectivity index (χ4v) is 7.47. The summed E-state index contributed by atoms with van der Waals surface area (Å²) in [4.78, 5) is 22.4. The van der Waals surface area contributed by atoms with Gasteiger partial charge in [-0.2, -0.15) is 5.09 Å². The molecule has 0 saturated heterocycles. The molecule has 3 aromatic carbocycles. The number of rotatable bonds is 16. The minimum absolute atomic E-state index is 0.0205. The molecule has 245 valence electrons. The smallest absolute Gasteiger partial charge is 0.425 e. The number of imidazole rings is 1. The molecule has 0 spiro atoms. The lowest BCUT2D eigenvalue weighted by Crippen LogP contribution is -2.38. The van der Waals surface area contributed by atoms with Gasteiger partial charge in [0, 0.05) is 17.2 Å². The average molecular weight is 673 g/mol. The van der Waals surface area contributed by atoms with Crippen molar-refractivity contribution in [3.05, 3.63) is 90.8 Å². The summed E-state index contributed by atoms with van der Waals surface area (Å²) < 4.78 is 39.6. The zero-order valence-corrected chi connectivity index (χ0v) is 28.6. The molecule has 5 rings (SSSR count). The van der Waals surface area contributed by atoms with Crippen LogP contribution in [-0.4, -0.2) is 50.0 Å². The number of nitrogens with one attached hydrogen (secondary N) is 1. The SMILES string of the molecule is CCC[C@]([Si])(CCOP(=O)(N[C@@H](C)C(=O)Oc1ccccc1)Oc1ccccc1)n1c(COCC)nc2c(N)nc3ccccc3c21. The van der Waals surface area contributed by atoms with Crippen LogP contribution in [0.25, 0.3) is 21.9 Å². The first-order valence-corrected chi connectivity index (χ1v) is 17.6. The van der Waals surface area contributed by atoms with E-state index in [2.05, 4.69) is 31.8 Å². The number of carbonyl (C=O) groups is 1. The highest BCUT2D eigenvalue weighted by atomic mass is 31.2. The van der Waals surface area contributed by atoms with Crippen LogP contribution < -0.4 is 20.1 Å². The van der Waals surface area contributed by atoms with Gasteiger partial charge in [-0.05, 0) is 57.0 Å². The lowest BCUT2D eigenvalue weighted by atomic mass is 10.1. The van der Waals surface area contributed by atoms with Crippen molar-refractivity contribution < 1.29 is 27.9 Å². The van der Waals surface area contributed by atoms with Gasteiger partial charge < -0.3 is 24.3 Å². The molecule has 3 radical (unpaired) electrons. The number of aromatic nitrogens is 3. The third-order valence-corrected chi connectivity index (χ3v) is 9.93. The van der Waals surface area contributed by atoms with Gasteiger partial charge in [-0.3, -0.25) is 4.52 Å². The predicted molar refractivity (Wildman–Crippen MR) is 183 cm³/mol. The van der Waals surface area contributed by atoms with Crippen molar-refractivity contribution in [3.63, 3.8) is 0 Å². The fourth-order valence-electron chi connectivity index (χ4n) is 5.39. The molecule has 3 atom stereocenters. The van der Waals surface area contributed by atoms with Gasteiger partial charge in [-0.15, -0.1) is 0 Å².